The zero-order chi connectivity index (χ0) is 18.5. The van der Waals surface area contributed by atoms with Crippen molar-refractivity contribution >= 4 is 23.5 Å². The molecule has 0 unspecified atom stereocenters. The number of nitrogens with one attached hydrogen (secondary N) is 1. The Kier molecular flexibility index (Phi) is 5.36. The van der Waals surface area contributed by atoms with Gasteiger partial charge in [0.2, 0.25) is 5.91 Å². The van der Waals surface area contributed by atoms with Crippen LogP contribution in [0.15, 0.2) is 47.1 Å². The monoisotopic (exact) mass is 356 g/mol. The van der Waals surface area contributed by atoms with Gasteiger partial charge in [-0.25, -0.2) is 4.79 Å². The number of carbonyl (C=O) groups excluding carboxylic acids is 3. The van der Waals surface area contributed by atoms with Crippen LogP contribution in [-0.4, -0.2) is 30.9 Å². The third-order valence-electron chi connectivity index (χ3n) is 4.17. The fourth-order valence-corrected chi connectivity index (χ4v) is 2.89. The molecule has 2 heterocycles. The lowest BCUT2D eigenvalue weighted by Gasteiger charge is -2.19. The number of rotatable bonds is 6. The number of benzene rings is 1. The van der Waals surface area contributed by atoms with Gasteiger partial charge in [0.25, 0.3) is 5.91 Å². The first-order chi connectivity index (χ1) is 12.6. The topological polar surface area (TPSA) is 88.9 Å². The molecule has 1 aliphatic heterocycles. The average molecular weight is 356 g/mol. The van der Waals surface area contributed by atoms with Crippen LogP contribution in [0, 0.1) is 0 Å². The highest BCUT2D eigenvalue weighted by molar-refractivity contribution is 6.03. The minimum Gasteiger partial charge on any atom is -0.467 e. The molecule has 0 saturated carbocycles. The molecule has 1 aromatic carbocycles. The lowest BCUT2D eigenvalue weighted by Crippen LogP contribution is -2.31. The molecule has 0 radical (unpaired) electrons. The number of carbonyl (C=O) groups is 3. The van der Waals surface area contributed by atoms with Crippen LogP contribution in [0.4, 0.5) is 5.69 Å². The number of furan rings is 1. The number of nitrogens with zero attached hydrogens (tertiary/aromatic N) is 1. The van der Waals surface area contributed by atoms with E-state index >= 15 is 0 Å². The molecule has 7 heteroatoms. The fourth-order valence-electron chi connectivity index (χ4n) is 2.89. The first kappa shape index (κ1) is 17.7. The molecule has 1 atom stereocenters. The standard InChI is InChI=1S/C19H20N2O5/c1-13(16-8-5-11-25-16)20-17(22)12-26-19(24)14-6-2-3-7-15(14)21-10-4-9-18(21)23/h2-3,5-8,11,13H,4,9-10,12H2,1H3,(H,20,22)/t13-/m0/s1. The average Bonchev–Trinajstić information content (AvgIpc) is 3.31. The fraction of sp³-hybridized carbons (Fsp3) is 0.316. The number of esters is 1. The van der Waals surface area contributed by atoms with Crippen molar-refractivity contribution in [2.24, 2.45) is 0 Å². The summed E-state index contributed by atoms with van der Waals surface area (Å²) < 4.78 is 10.3. The molecule has 1 aromatic heterocycles. The largest absolute Gasteiger partial charge is 0.467 e. The van der Waals surface area contributed by atoms with Gasteiger partial charge in [0.15, 0.2) is 6.61 Å². The third kappa shape index (κ3) is 3.93. The summed E-state index contributed by atoms with van der Waals surface area (Å²) >= 11 is 0. The molecule has 1 aliphatic rings. The van der Waals surface area contributed by atoms with Gasteiger partial charge in [-0.05, 0) is 37.6 Å². The van der Waals surface area contributed by atoms with Crippen LogP contribution < -0.4 is 10.2 Å². The van der Waals surface area contributed by atoms with Gasteiger partial charge in [-0.2, -0.15) is 0 Å². The normalized spacial score (nSPS) is 15.0. The molecule has 2 aromatic rings. The summed E-state index contributed by atoms with van der Waals surface area (Å²) in [4.78, 5) is 37.9. The van der Waals surface area contributed by atoms with E-state index in [1.54, 1.807) is 48.2 Å². The molecule has 1 saturated heterocycles. The molecule has 1 N–H and O–H groups in total. The minimum absolute atomic E-state index is 0.0183. The summed E-state index contributed by atoms with van der Waals surface area (Å²) in [6.07, 6.45) is 2.75. The molecule has 136 valence electrons. The molecule has 7 nitrogen and oxygen atoms in total. The van der Waals surface area contributed by atoms with Crippen LogP contribution in [0.2, 0.25) is 0 Å². The van der Waals surface area contributed by atoms with E-state index in [9.17, 15) is 14.4 Å². The van der Waals surface area contributed by atoms with Crippen LogP contribution in [0.25, 0.3) is 0 Å². The summed E-state index contributed by atoms with van der Waals surface area (Å²) in [5.74, 6) is -0.476. The second kappa shape index (κ2) is 7.86. The lowest BCUT2D eigenvalue weighted by molar-refractivity contribution is -0.125. The van der Waals surface area contributed by atoms with E-state index in [2.05, 4.69) is 5.32 Å². The van der Waals surface area contributed by atoms with Crippen LogP contribution >= 0.6 is 0 Å². The van der Waals surface area contributed by atoms with Gasteiger partial charge in [-0.15, -0.1) is 0 Å². The van der Waals surface area contributed by atoms with E-state index in [0.717, 1.165) is 6.42 Å². The van der Waals surface area contributed by atoms with Crippen LogP contribution in [0.1, 0.15) is 41.9 Å². The van der Waals surface area contributed by atoms with Crippen molar-refractivity contribution in [3.05, 3.63) is 54.0 Å². The van der Waals surface area contributed by atoms with E-state index in [4.69, 9.17) is 9.15 Å². The van der Waals surface area contributed by atoms with Crippen molar-refractivity contribution in [1.82, 2.24) is 5.32 Å². The van der Waals surface area contributed by atoms with Crippen molar-refractivity contribution in [2.45, 2.75) is 25.8 Å². The molecule has 2 amide bonds. The van der Waals surface area contributed by atoms with Gasteiger partial charge in [-0.1, -0.05) is 12.1 Å². The third-order valence-corrected chi connectivity index (χ3v) is 4.17. The van der Waals surface area contributed by atoms with E-state index in [1.807, 2.05) is 0 Å². The highest BCUT2D eigenvalue weighted by Gasteiger charge is 2.26. The number of hydrogen-bond donors (Lipinski definition) is 1. The van der Waals surface area contributed by atoms with Crippen LogP contribution in [0.3, 0.4) is 0 Å². The Balaban J connectivity index is 1.60. The zero-order valence-corrected chi connectivity index (χ0v) is 14.4. The molecule has 26 heavy (non-hydrogen) atoms. The maximum atomic E-state index is 12.4. The van der Waals surface area contributed by atoms with Crippen LogP contribution in [-0.2, 0) is 14.3 Å². The van der Waals surface area contributed by atoms with E-state index < -0.39 is 18.5 Å². The Labute approximate surface area is 150 Å². The van der Waals surface area contributed by atoms with Crippen LogP contribution in [0.5, 0.6) is 0 Å². The Bertz CT molecular complexity index is 800. The number of ether oxygens (including phenoxy) is 1. The molecular formula is C19H20N2O5. The number of hydrogen-bond acceptors (Lipinski definition) is 5. The Morgan fingerprint density at radius 1 is 1.27 bits per heavy atom. The van der Waals surface area contributed by atoms with Gasteiger partial charge >= 0.3 is 5.97 Å². The Hall–Kier alpha value is -3.09. The van der Waals surface area contributed by atoms with Gasteiger partial charge in [0, 0.05) is 13.0 Å². The Morgan fingerprint density at radius 2 is 2.08 bits per heavy atom. The summed E-state index contributed by atoms with van der Waals surface area (Å²) in [5, 5.41) is 2.69. The highest BCUT2D eigenvalue weighted by atomic mass is 16.5. The Morgan fingerprint density at radius 3 is 2.77 bits per heavy atom. The molecule has 0 aliphatic carbocycles. The van der Waals surface area contributed by atoms with Crippen molar-refractivity contribution < 1.29 is 23.5 Å². The van der Waals surface area contributed by atoms with E-state index in [-0.39, 0.29) is 17.5 Å². The molecule has 3 rings (SSSR count). The summed E-state index contributed by atoms with van der Waals surface area (Å²) in [7, 11) is 0. The van der Waals surface area contributed by atoms with E-state index in [1.165, 1.54) is 6.26 Å². The van der Waals surface area contributed by atoms with Gasteiger partial charge in [0.1, 0.15) is 5.76 Å². The van der Waals surface area contributed by atoms with Crippen molar-refractivity contribution in [3.8, 4) is 0 Å². The maximum absolute atomic E-state index is 12.4. The number of amides is 2. The molecular weight excluding hydrogens is 336 g/mol. The van der Waals surface area contributed by atoms with Gasteiger partial charge in [0.05, 0.1) is 23.6 Å². The summed E-state index contributed by atoms with van der Waals surface area (Å²) in [5.41, 5.74) is 0.791. The number of anilines is 1. The van der Waals surface area contributed by atoms with Gasteiger partial charge < -0.3 is 19.4 Å². The smallest absolute Gasteiger partial charge is 0.340 e. The minimum atomic E-state index is -0.638. The molecule has 0 spiro atoms. The summed E-state index contributed by atoms with van der Waals surface area (Å²) in [6.45, 7) is 1.93. The second-order valence-electron chi connectivity index (χ2n) is 6.05. The van der Waals surface area contributed by atoms with E-state index in [0.29, 0.717) is 24.4 Å². The molecule has 1 fully saturated rings. The predicted octanol–water partition coefficient (Wildman–Crippen LogP) is 2.44. The SMILES string of the molecule is C[C@H](NC(=O)COC(=O)c1ccccc1N1CCCC1=O)c1ccco1. The van der Waals surface area contributed by atoms with Crippen molar-refractivity contribution in [2.75, 3.05) is 18.1 Å². The predicted molar refractivity (Wildman–Crippen MR) is 93.6 cm³/mol. The van der Waals surface area contributed by atoms with Crippen molar-refractivity contribution in [1.29, 1.82) is 0 Å². The maximum Gasteiger partial charge on any atom is 0.340 e. The quantitative estimate of drug-likeness (QED) is 0.803. The highest BCUT2D eigenvalue weighted by Crippen LogP contribution is 2.26. The van der Waals surface area contributed by atoms with Gasteiger partial charge in [-0.3, -0.25) is 9.59 Å². The second-order valence-corrected chi connectivity index (χ2v) is 6.05. The van der Waals surface area contributed by atoms with Crippen molar-refractivity contribution in [3.63, 3.8) is 0 Å². The lowest BCUT2D eigenvalue weighted by atomic mass is 10.1. The summed E-state index contributed by atoms with van der Waals surface area (Å²) in [6, 6.07) is 9.90. The first-order valence-corrected chi connectivity index (χ1v) is 8.45. The number of para-hydroxylation sites is 1. The first-order valence-electron chi connectivity index (χ1n) is 8.45. The molecule has 0 bridgehead atoms. The zero-order valence-electron chi connectivity index (χ0n) is 14.4.